The van der Waals surface area contributed by atoms with Gasteiger partial charge in [0.25, 0.3) is 0 Å². The molecule has 0 aromatic heterocycles. The zero-order valence-electron chi connectivity index (χ0n) is 7.24. The predicted octanol–water partition coefficient (Wildman–Crippen LogP) is -0.762. The van der Waals surface area contributed by atoms with Crippen LogP contribution in [0.2, 0.25) is 0 Å². The van der Waals surface area contributed by atoms with Gasteiger partial charge in [-0.25, -0.2) is 0 Å². The summed E-state index contributed by atoms with van der Waals surface area (Å²) in [4.78, 5) is 21.5. The molecule has 1 rings (SSSR count). The normalized spacial score (nSPS) is 27.2. The Bertz CT molecular complexity index is 222. The van der Waals surface area contributed by atoms with Crippen LogP contribution in [0.4, 0.5) is 0 Å². The minimum absolute atomic E-state index is 0.0685. The second kappa shape index (κ2) is 4.48. The molecule has 1 unspecified atom stereocenters. The van der Waals surface area contributed by atoms with Crippen LogP contribution in [0.3, 0.4) is 0 Å². The van der Waals surface area contributed by atoms with Crippen LogP contribution in [0.1, 0.15) is 6.42 Å². The summed E-state index contributed by atoms with van der Waals surface area (Å²) in [6.45, 7) is 0. The van der Waals surface area contributed by atoms with Crippen molar-refractivity contribution in [2.45, 2.75) is 17.8 Å². The van der Waals surface area contributed by atoms with Crippen LogP contribution in [0.25, 0.3) is 0 Å². The molecule has 0 radical (unpaired) electrons. The van der Waals surface area contributed by atoms with Crippen molar-refractivity contribution in [2.24, 2.45) is 0 Å². The highest BCUT2D eigenvalue weighted by Gasteiger charge is 2.30. The van der Waals surface area contributed by atoms with Crippen molar-refractivity contribution in [3.8, 4) is 0 Å². The van der Waals surface area contributed by atoms with E-state index in [4.69, 9.17) is 5.11 Å². The first-order valence-corrected chi connectivity index (χ1v) is 4.99. The van der Waals surface area contributed by atoms with Crippen LogP contribution < -0.4 is 10.6 Å². The molecule has 13 heavy (non-hydrogen) atoms. The Morgan fingerprint density at radius 3 is 2.85 bits per heavy atom. The summed E-state index contributed by atoms with van der Waals surface area (Å²) < 4.78 is 0. The predicted molar refractivity (Wildman–Crippen MR) is 49.5 cm³/mol. The molecule has 1 aliphatic rings. The number of thioether (sulfide) groups is 1. The van der Waals surface area contributed by atoms with Gasteiger partial charge in [0.2, 0.25) is 5.91 Å². The Labute approximate surface area is 80.3 Å². The summed E-state index contributed by atoms with van der Waals surface area (Å²) in [5.74, 6) is -0.403. The minimum atomic E-state index is -0.855. The Morgan fingerprint density at radius 1 is 1.69 bits per heavy atom. The van der Waals surface area contributed by atoms with Crippen LogP contribution in [0, 0.1) is 0 Å². The monoisotopic (exact) mass is 204 g/mol. The number of aliphatic carboxylic acids is 1. The smallest absolute Gasteiger partial charge is 0.321 e. The molecule has 1 saturated heterocycles. The zero-order valence-corrected chi connectivity index (χ0v) is 8.06. The lowest BCUT2D eigenvalue weighted by molar-refractivity contribution is -0.138. The molecule has 0 aromatic rings. The largest absolute Gasteiger partial charge is 0.480 e. The van der Waals surface area contributed by atoms with E-state index in [1.165, 1.54) is 11.8 Å². The molecule has 74 valence electrons. The quantitative estimate of drug-likeness (QED) is 0.563. The molecular formula is C7H12N2O3S. The topological polar surface area (TPSA) is 78.4 Å². The van der Waals surface area contributed by atoms with Crippen molar-refractivity contribution in [1.29, 1.82) is 0 Å². The Kier molecular flexibility index (Phi) is 3.56. The molecule has 0 aromatic carbocycles. The average Bonchev–Trinajstić information content (AvgIpc) is 2.52. The third-order valence-electron chi connectivity index (χ3n) is 1.80. The van der Waals surface area contributed by atoms with Crippen molar-refractivity contribution in [3.63, 3.8) is 0 Å². The number of carboxylic acids is 1. The summed E-state index contributed by atoms with van der Waals surface area (Å²) in [6.07, 6.45) is 0.324. The summed E-state index contributed by atoms with van der Waals surface area (Å²) in [7, 11) is 1.57. The molecule has 0 saturated carbocycles. The van der Waals surface area contributed by atoms with Gasteiger partial charge in [0, 0.05) is 12.8 Å². The van der Waals surface area contributed by atoms with Crippen molar-refractivity contribution in [2.75, 3.05) is 12.8 Å². The maximum absolute atomic E-state index is 10.9. The van der Waals surface area contributed by atoms with E-state index in [2.05, 4.69) is 10.6 Å². The van der Waals surface area contributed by atoms with Crippen LogP contribution in [0.5, 0.6) is 0 Å². The maximum atomic E-state index is 10.9. The lowest BCUT2D eigenvalue weighted by atomic mass is 10.3. The number of nitrogens with one attached hydrogen (secondary N) is 2. The molecule has 0 spiro atoms. The van der Waals surface area contributed by atoms with Gasteiger partial charge >= 0.3 is 5.97 Å². The molecule has 6 heteroatoms. The summed E-state index contributed by atoms with van der Waals surface area (Å²) >= 11 is 1.47. The second-order valence-corrected chi connectivity index (χ2v) is 3.99. The highest BCUT2D eigenvalue weighted by atomic mass is 32.2. The van der Waals surface area contributed by atoms with Gasteiger partial charge in [-0.3, -0.25) is 14.9 Å². The molecule has 5 nitrogen and oxygen atoms in total. The third-order valence-corrected chi connectivity index (χ3v) is 3.03. The first kappa shape index (κ1) is 10.3. The number of amides is 1. The average molecular weight is 204 g/mol. The molecule has 2 atom stereocenters. The van der Waals surface area contributed by atoms with Gasteiger partial charge in [0.15, 0.2) is 0 Å². The standard InChI is InChI=1S/C7H12N2O3S/c1-8-5(10)2-6-9-4(3-13-6)7(11)12/h4,6,9H,2-3H2,1H3,(H,8,10)(H,11,12)/t4-,6?/m1/s1. The van der Waals surface area contributed by atoms with Gasteiger partial charge in [-0.15, -0.1) is 11.8 Å². The summed E-state index contributed by atoms with van der Waals surface area (Å²) in [5.41, 5.74) is 0. The number of rotatable bonds is 3. The molecule has 1 amide bonds. The first-order chi connectivity index (χ1) is 6.13. The van der Waals surface area contributed by atoms with Crippen molar-refractivity contribution in [1.82, 2.24) is 10.6 Å². The molecule has 0 bridgehead atoms. The fourth-order valence-corrected chi connectivity index (χ4v) is 2.26. The fourth-order valence-electron chi connectivity index (χ4n) is 1.06. The van der Waals surface area contributed by atoms with Crippen molar-refractivity contribution in [3.05, 3.63) is 0 Å². The Hall–Kier alpha value is -0.750. The van der Waals surface area contributed by atoms with Crippen LogP contribution in [-0.2, 0) is 9.59 Å². The summed E-state index contributed by atoms with van der Waals surface area (Å²) in [5, 5.41) is 13.9. The highest BCUT2D eigenvalue weighted by Crippen LogP contribution is 2.21. The third kappa shape index (κ3) is 2.89. The van der Waals surface area contributed by atoms with E-state index < -0.39 is 12.0 Å². The minimum Gasteiger partial charge on any atom is -0.480 e. The number of hydrogen-bond acceptors (Lipinski definition) is 4. The van der Waals surface area contributed by atoms with E-state index in [9.17, 15) is 9.59 Å². The van der Waals surface area contributed by atoms with Gasteiger partial charge in [-0.1, -0.05) is 0 Å². The van der Waals surface area contributed by atoms with E-state index in [0.29, 0.717) is 12.2 Å². The Morgan fingerprint density at radius 2 is 2.38 bits per heavy atom. The van der Waals surface area contributed by atoms with Gasteiger partial charge in [-0.2, -0.15) is 0 Å². The molecule has 1 heterocycles. The van der Waals surface area contributed by atoms with E-state index in [0.717, 1.165) is 0 Å². The molecule has 0 aliphatic carbocycles. The first-order valence-electron chi connectivity index (χ1n) is 3.94. The van der Waals surface area contributed by atoms with Gasteiger partial charge in [-0.05, 0) is 0 Å². The number of hydrogen-bond donors (Lipinski definition) is 3. The van der Waals surface area contributed by atoms with Gasteiger partial charge in [0.05, 0.1) is 11.8 Å². The van der Waals surface area contributed by atoms with Crippen molar-refractivity contribution < 1.29 is 14.7 Å². The molecular weight excluding hydrogens is 192 g/mol. The summed E-state index contributed by atoms with van der Waals surface area (Å²) in [6, 6.07) is -0.514. The molecule has 1 fully saturated rings. The van der Waals surface area contributed by atoms with Gasteiger partial charge in [0.1, 0.15) is 6.04 Å². The van der Waals surface area contributed by atoms with E-state index in [-0.39, 0.29) is 11.3 Å². The lowest BCUT2D eigenvalue weighted by Crippen LogP contribution is -2.38. The van der Waals surface area contributed by atoms with E-state index in [1.54, 1.807) is 7.05 Å². The molecule has 1 aliphatic heterocycles. The van der Waals surface area contributed by atoms with Crippen LogP contribution >= 0.6 is 11.8 Å². The van der Waals surface area contributed by atoms with Crippen molar-refractivity contribution >= 4 is 23.6 Å². The molecule has 3 N–H and O–H groups in total. The van der Waals surface area contributed by atoms with Gasteiger partial charge < -0.3 is 10.4 Å². The second-order valence-electron chi connectivity index (χ2n) is 2.76. The zero-order chi connectivity index (χ0) is 9.84. The van der Waals surface area contributed by atoms with Crippen LogP contribution in [0.15, 0.2) is 0 Å². The number of carbonyl (C=O) groups excluding carboxylic acids is 1. The lowest BCUT2D eigenvalue weighted by Gasteiger charge is -2.08. The SMILES string of the molecule is CNC(=O)CC1N[C@@H](C(=O)O)CS1. The number of carboxylic acid groups (broad SMARTS) is 1. The van der Waals surface area contributed by atoms with E-state index in [1.807, 2.05) is 0 Å². The maximum Gasteiger partial charge on any atom is 0.321 e. The van der Waals surface area contributed by atoms with E-state index >= 15 is 0 Å². The fraction of sp³-hybridized carbons (Fsp3) is 0.714. The number of carbonyl (C=O) groups is 2. The van der Waals surface area contributed by atoms with Crippen LogP contribution in [-0.4, -0.2) is 41.2 Å². The highest BCUT2D eigenvalue weighted by molar-refractivity contribution is 8.00. The Balaban J connectivity index is 2.33.